The Kier molecular flexibility index (Phi) is 6.82. The minimum absolute atomic E-state index is 0.0601. The van der Waals surface area contributed by atoms with Crippen LogP contribution in [0.15, 0.2) is 36.4 Å². The monoisotopic (exact) mass is 370 g/mol. The van der Waals surface area contributed by atoms with Crippen molar-refractivity contribution in [3.05, 3.63) is 53.1 Å². The number of ether oxygens (including phenoxy) is 2. The number of amides is 2. The van der Waals surface area contributed by atoms with E-state index in [0.717, 1.165) is 23.2 Å². The van der Waals surface area contributed by atoms with Gasteiger partial charge in [-0.2, -0.15) is 0 Å². The zero-order valence-corrected chi connectivity index (χ0v) is 16.5. The van der Waals surface area contributed by atoms with Gasteiger partial charge < -0.3 is 19.7 Å². The Morgan fingerprint density at radius 3 is 2.22 bits per heavy atom. The molecule has 0 aliphatic heterocycles. The summed E-state index contributed by atoms with van der Waals surface area (Å²) in [5.74, 6) is 0.586. The van der Waals surface area contributed by atoms with E-state index in [1.165, 1.54) is 4.90 Å². The summed E-state index contributed by atoms with van der Waals surface area (Å²) in [6.45, 7) is 3.82. The smallest absolute Gasteiger partial charge is 0.254 e. The molecule has 6 nitrogen and oxygen atoms in total. The Balaban J connectivity index is 2.12. The summed E-state index contributed by atoms with van der Waals surface area (Å²) in [5.41, 5.74) is 3.03. The molecule has 0 fully saturated rings. The number of likely N-dealkylation sites (N-methyl/N-ethyl adjacent to an activating group) is 1. The SMILES string of the molecule is CCc1ccccc1NC(=O)CN(C)C(=O)c1cc(OC)c(C)c(OC)c1. The van der Waals surface area contributed by atoms with Gasteiger partial charge >= 0.3 is 0 Å². The third kappa shape index (κ3) is 4.78. The molecule has 2 rings (SSSR count). The first kappa shape index (κ1) is 20.3. The van der Waals surface area contributed by atoms with Crippen molar-refractivity contribution in [1.29, 1.82) is 0 Å². The Bertz CT molecular complexity index is 808. The highest BCUT2D eigenvalue weighted by Gasteiger charge is 2.19. The van der Waals surface area contributed by atoms with Gasteiger partial charge in [0.15, 0.2) is 0 Å². The molecule has 0 aliphatic carbocycles. The molecule has 0 heterocycles. The molecule has 0 atom stereocenters. The fourth-order valence-corrected chi connectivity index (χ4v) is 2.86. The predicted molar refractivity (Wildman–Crippen MR) is 106 cm³/mol. The van der Waals surface area contributed by atoms with Crippen LogP contribution in [0.4, 0.5) is 5.69 Å². The fraction of sp³-hybridized carbons (Fsp3) is 0.333. The minimum Gasteiger partial charge on any atom is -0.496 e. The number of anilines is 1. The number of carbonyl (C=O) groups is 2. The minimum atomic E-state index is -0.287. The number of carbonyl (C=O) groups excluding carboxylic acids is 2. The largest absolute Gasteiger partial charge is 0.496 e. The lowest BCUT2D eigenvalue weighted by molar-refractivity contribution is -0.116. The molecule has 0 saturated carbocycles. The first-order chi connectivity index (χ1) is 12.9. The van der Waals surface area contributed by atoms with Crippen LogP contribution in [0, 0.1) is 6.92 Å². The molecule has 0 spiro atoms. The maximum absolute atomic E-state index is 12.7. The van der Waals surface area contributed by atoms with Crippen molar-refractivity contribution in [2.45, 2.75) is 20.3 Å². The van der Waals surface area contributed by atoms with Gasteiger partial charge in [-0.1, -0.05) is 25.1 Å². The highest BCUT2D eigenvalue weighted by Crippen LogP contribution is 2.29. The Labute approximate surface area is 160 Å². The van der Waals surface area contributed by atoms with Crippen molar-refractivity contribution in [1.82, 2.24) is 4.90 Å². The number of para-hydroxylation sites is 1. The number of benzene rings is 2. The van der Waals surface area contributed by atoms with E-state index < -0.39 is 0 Å². The van der Waals surface area contributed by atoms with Gasteiger partial charge in [-0.3, -0.25) is 9.59 Å². The number of aryl methyl sites for hydroxylation is 1. The summed E-state index contributed by atoms with van der Waals surface area (Å²) in [7, 11) is 4.67. The molecule has 2 aromatic carbocycles. The Hall–Kier alpha value is -3.02. The summed E-state index contributed by atoms with van der Waals surface area (Å²) in [5, 5.41) is 2.87. The van der Waals surface area contributed by atoms with Gasteiger partial charge in [0.25, 0.3) is 5.91 Å². The second-order valence-corrected chi connectivity index (χ2v) is 6.23. The number of nitrogens with one attached hydrogen (secondary N) is 1. The number of rotatable bonds is 7. The van der Waals surface area contributed by atoms with E-state index in [1.807, 2.05) is 38.1 Å². The summed E-state index contributed by atoms with van der Waals surface area (Å²) in [6, 6.07) is 10.9. The van der Waals surface area contributed by atoms with Crippen LogP contribution in [0.25, 0.3) is 0 Å². The second kappa shape index (κ2) is 9.07. The third-order valence-electron chi connectivity index (χ3n) is 4.40. The van der Waals surface area contributed by atoms with Crippen molar-refractivity contribution in [3.63, 3.8) is 0 Å². The molecule has 0 unspecified atom stereocenters. The van der Waals surface area contributed by atoms with Crippen LogP contribution in [0.5, 0.6) is 11.5 Å². The molecule has 0 aromatic heterocycles. The molecule has 0 radical (unpaired) electrons. The van der Waals surface area contributed by atoms with E-state index in [-0.39, 0.29) is 18.4 Å². The van der Waals surface area contributed by atoms with Gasteiger partial charge in [-0.25, -0.2) is 0 Å². The molecule has 27 heavy (non-hydrogen) atoms. The maximum atomic E-state index is 12.7. The average molecular weight is 370 g/mol. The lowest BCUT2D eigenvalue weighted by atomic mass is 10.1. The number of hydrogen-bond acceptors (Lipinski definition) is 4. The van der Waals surface area contributed by atoms with Crippen LogP contribution in [-0.4, -0.2) is 44.5 Å². The van der Waals surface area contributed by atoms with Crippen molar-refractivity contribution >= 4 is 17.5 Å². The van der Waals surface area contributed by atoms with Gasteiger partial charge in [0.1, 0.15) is 11.5 Å². The lowest BCUT2D eigenvalue weighted by Gasteiger charge is -2.19. The van der Waals surface area contributed by atoms with Gasteiger partial charge in [0.2, 0.25) is 5.91 Å². The van der Waals surface area contributed by atoms with Crippen LogP contribution in [0.2, 0.25) is 0 Å². The van der Waals surface area contributed by atoms with Crippen LogP contribution < -0.4 is 14.8 Å². The molecule has 6 heteroatoms. The molecule has 0 bridgehead atoms. The molecule has 2 aromatic rings. The van der Waals surface area contributed by atoms with E-state index in [2.05, 4.69) is 5.32 Å². The Morgan fingerprint density at radius 2 is 1.67 bits per heavy atom. The van der Waals surface area contributed by atoms with Crippen LogP contribution in [0.1, 0.15) is 28.4 Å². The predicted octanol–water partition coefficient (Wildman–Crippen LogP) is 3.29. The van der Waals surface area contributed by atoms with E-state index in [0.29, 0.717) is 17.1 Å². The average Bonchev–Trinajstić information content (AvgIpc) is 2.67. The van der Waals surface area contributed by atoms with Gasteiger partial charge in [0.05, 0.1) is 20.8 Å². The van der Waals surface area contributed by atoms with Crippen molar-refractivity contribution < 1.29 is 19.1 Å². The highest BCUT2D eigenvalue weighted by atomic mass is 16.5. The molecule has 144 valence electrons. The fourth-order valence-electron chi connectivity index (χ4n) is 2.86. The first-order valence-corrected chi connectivity index (χ1v) is 8.77. The Morgan fingerprint density at radius 1 is 1.07 bits per heavy atom. The second-order valence-electron chi connectivity index (χ2n) is 6.23. The topological polar surface area (TPSA) is 67.9 Å². The van der Waals surface area contributed by atoms with Gasteiger partial charge in [-0.05, 0) is 37.1 Å². The summed E-state index contributed by atoms with van der Waals surface area (Å²) in [4.78, 5) is 26.5. The summed E-state index contributed by atoms with van der Waals surface area (Å²) >= 11 is 0. The highest BCUT2D eigenvalue weighted by molar-refractivity contribution is 6.00. The summed E-state index contributed by atoms with van der Waals surface area (Å²) in [6.07, 6.45) is 0.814. The van der Waals surface area contributed by atoms with Crippen LogP contribution in [0.3, 0.4) is 0 Å². The normalized spacial score (nSPS) is 10.3. The van der Waals surface area contributed by atoms with Crippen molar-refractivity contribution in [2.24, 2.45) is 0 Å². The first-order valence-electron chi connectivity index (χ1n) is 8.77. The van der Waals surface area contributed by atoms with Crippen molar-refractivity contribution in [2.75, 3.05) is 33.1 Å². The molecule has 0 saturated heterocycles. The van der Waals surface area contributed by atoms with Gasteiger partial charge in [-0.15, -0.1) is 0 Å². The third-order valence-corrected chi connectivity index (χ3v) is 4.40. The standard InChI is InChI=1S/C21H26N2O4/c1-6-15-9-7-8-10-17(15)22-20(24)13-23(3)21(25)16-11-18(26-4)14(2)19(12-16)27-5/h7-12H,6,13H2,1-5H3,(H,22,24). The quantitative estimate of drug-likeness (QED) is 0.812. The zero-order chi connectivity index (χ0) is 20.0. The number of methoxy groups -OCH3 is 2. The summed E-state index contributed by atoms with van der Waals surface area (Å²) < 4.78 is 10.6. The molecule has 1 N–H and O–H groups in total. The number of nitrogens with zero attached hydrogens (tertiary/aromatic N) is 1. The molecule has 2 amide bonds. The van der Waals surface area contributed by atoms with Crippen LogP contribution in [-0.2, 0) is 11.2 Å². The van der Waals surface area contributed by atoms with E-state index in [9.17, 15) is 9.59 Å². The molecular formula is C21H26N2O4. The lowest BCUT2D eigenvalue weighted by Crippen LogP contribution is -2.35. The van der Waals surface area contributed by atoms with E-state index in [4.69, 9.17) is 9.47 Å². The maximum Gasteiger partial charge on any atom is 0.254 e. The molecular weight excluding hydrogens is 344 g/mol. The van der Waals surface area contributed by atoms with E-state index in [1.54, 1.807) is 33.4 Å². The van der Waals surface area contributed by atoms with Crippen molar-refractivity contribution in [3.8, 4) is 11.5 Å². The number of hydrogen-bond donors (Lipinski definition) is 1. The zero-order valence-electron chi connectivity index (χ0n) is 16.5. The van der Waals surface area contributed by atoms with E-state index >= 15 is 0 Å². The van der Waals surface area contributed by atoms with Crippen LogP contribution >= 0.6 is 0 Å². The molecule has 0 aliphatic rings. The van der Waals surface area contributed by atoms with Gasteiger partial charge in [0, 0.05) is 23.9 Å².